The molecule has 1 aromatic carbocycles. The first-order valence-electron chi connectivity index (χ1n) is 7.90. The number of aryl methyl sites for hydroxylation is 1. The average molecular weight is 294 g/mol. The van der Waals surface area contributed by atoms with Gasteiger partial charge in [0, 0.05) is 0 Å². The molecule has 1 aliphatic rings. The van der Waals surface area contributed by atoms with Gasteiger partial charge in [0.15, 0.2) is 0 Å². The number of sulfone groups is 1. The standard InChI is InChI=1S/C17H26O2S/c18-20(19,14-5-4-10-17-11-6-12-17)15-7-13-16-8-2-1-3-9-16/h1-3,8-9,17H,4-7,10-15H2. The second-order valence-corrected chi connectivity index (χ2v) is 8.34. The van der Waals surface area contributed by atoms with Crippen LogP contribution in [0.5, 0.6) is 0 Å². The van der Waals surface area contributed by atoms with Crippen molar-refractivity contribution in [3.05, 3.63) is 35.9 Å². The van der Waals surface area contributed by atoms with Gasteiger partial charge in [-0.2, -0.15) is 0 Å². The van der Waals surface area contributed by atoms with Crippen molar-refractivity contribution in [2.24, 2.45) is 5.92 Å². The van der Waals surface area contributed by atoms with Gasteiger partial charge in [0.05, 0.1) is 11.5 Å². The Balaban J connectivity index is 1.58. The molecule has 0 unspecified atom stereocenters. The van der Waals surface area contributed by atoms with E-state index >= 15 is 0 Å². The van der Waals surface area contributed by atoms with Crippen molar-refractivity contribution in [3.63, 3.8) is 0 Å². The van der Waals surface area contributed by atoms with Gasteiger partial charge in [0.1, 0.15) is 9.84 Å². The highest BCUT2D eigenvalue weighted by atomic mass is 32.2. The molecule has 0 radical (unpaired) electrons. The lowest BCUT2D eigenvalue weighted by Gasteiger charge is -2.24. The summed E-state index contributed by atoms with van der Waals surface area (Å²) in [5.41, 5.74) is 1.23. The Bertz CT molecular complexity index is 475. The number of hydrogen-bond acceptors (Lipinski definition) is 2. The van der Waals surface area contributed by atoms with Crippen molar-refractivity contribution < 1.29 is 8.42 Å². The van der Waals surface area contributed by atoms with E-state index in [4.69, 9.17) is 0 Å². The van der Waals surface area contributed by atoms with Crippen molar-refractivity contribution in [1.29, 1.82) is 0 Å². The van der Waals surface area contributed by atoms with Gasteiger partial charge in [-0.15, -0.1) is 0 Å². The summed E-state index contributed by atoms with van der Waals surface area (Å²) >= 11 is 0. The van der Waals surface area contributed by atoms with Gasteiger partial charge in [0.2, 0.25) is 0 Å². The fraction of sp³-hybridized carbons (Fsp3) is 0.647. The van der Waals surface area contributed by atoms with Gasteiger partial charge in [-0.25, -0.2) is 8.42 Å². The van der Waals surface area contributed by atoms with E-state index in [1.165, 1.54) is 31.2 Å². The molecule has 0 saturated heterocycles. The molecule has 0 aliphatic heterocycles. The molecule has 0 bridgehead atoms. The minimum absolute atomic E-state index is 0.339. The Morgan fingerprint density at radius 2 is 1.65 bits per heavy atom. The SMILES string of the molecule is O=S(=O)(CCCCC1CCC1)CCCc1ccccc1. The molecule has 0 heterocycles. The Kier molecular flexibility index (Phi) is 6.08. The van der Waals surface area contributed by atoms with E-state index in [0.717, 1.165) is 31.6 Å². The molecular weight excluding hydrogens is 268 g/mol. The molecule has 20 heavy (non-hydrogen) atoms. The predicted molar refractivity (Wildman–Crippen MR) is 84.6 cm³/mol. The van der Waals surface area contributed by atoms with Crippen LogP contribution in [0, 0.1) is 5.92 Å². The summed E-state index contributed by atoms with van der Waals surface area (Å²) in [6, 6.07) is 10.1. The van der Waals surface area contributed by atoms with E-state index < -0.39 is 9.84 Å². The zero-order valence-electron chi connectivity index (χ0n) is 12.3. The van der Waals surface area contributed by atoms with Crippen LogP contribution >= 0.6 is 0 Å². The molecule has 112 valence electrons. The summed E-state index contributed by atoms with van der Waals surface area (Å²) in [4.78, 5) is 0. The van der Waals surface area contributed by atoms with Crippen LogP contribution in [-0.2, 0) is 16.3 Å². The van der Waals surface area contributed by atoms with E-state index in [1.54, 1.807) is 0 Å². The third-order valence-electron chi connectivity index (χ3n) is 4.31. The van der Waals surface area contributed by atoms with Gasteiger partial charge in [-0.05, 0) is 30.7 Å². The van der Waals surface area contributed by atoms with Crippen LogP contribution in [0.1, 0.15) is 50.5 Å². The minimum Gasteiger partial charge on any atom is -0.229 e. The molecule has 2 rings (SSSR count). The Morgan fingerprint density at radius 1 is 0.950 bits per heavy atom. The summed E-state index contributed by atoms with van der Waals surface area (Å²) in [7, 11) is -2.84. The van der Waals surface area contributed by atoms with Crippen LogP contribution in [0.4, 0.5) is 0 Å². The first kappa shape index (κ1) is 15.6. The van der Waals surface area contributed by atoms with Crippen molar-refractivity contribution in [3.8, 4) is 0 Å². The van der Waals surface area contributed by atoms with Crippen molar-refractivity contribution in [2.45, 2.75) is 51.4 Å². The largest absolute Gasteiger partial charge is 0.229 e. The molecular formula is C17H26O2S. The smallest absolute Gasteiger partial charge is 0.150 e. The maximum absolute atomic E-state index is 11.9. The molecule has 0 spiro atoms. The minimum atomic E-state index is -2.84. The lowest BCUT2D eigenvalue weighted by atomic mass is 9.82. The highest BCUT2D eigenvalue weighted by Crippen LogP contribution is 2.30. The molecule has 0 amide bonds. The summed E-state index contributed by atoms with van der Waals surface area (Å²) in [5.74, 6) is 1.62. The van der Waals surface area contributed by atoms with E-state index in [0.29, 0.717) is 11.5 Å². The van der Waals surface area contributed by atoms with Crippen molar-refractivity contribution >= 4 is 9.84 Å². The van der Waals surface area contributed by atoms with Crippen molar-refractivity contribution in [1.82, 2.24) is 0 Å². The predicted octanol–water partition coefficient (Wildman–Crippen LogP) is 4.00. The molecule has 2 nitrogen and oxygen atoms in total. The van der Waals surface area contributed by atoms with Crippen LogP contribution in [0.25, 0.3) is 0 Å². The van der Waals surface area contributed by atoms with Crippen LogP contribution in [-0.4, -0.2) is 19.9 Å². The average Bonchev–Trinajstić information content (AvgIpc) is 2.37. The first-order valence-corrected chi connectivity index (χ1v) is 9.72. The molecule has 1 aromatic rings. The highest BCUT2D eigenvalue weighted by molar-refractivity contribution is 7.91. The lowest BCUT2D eigenvalue weighted by molar-refractivity contribution is 0.289. The van der Waals surface area contributed by atoms with Gasteiger partial charge >= 0.3 is 0 Å². The normalized spacial score (nSPS) is 16.0. The van der Waals surface area contributed by atoms with Crippen LogP contribution in [0.3, 0.4) is 0 Å². The van der Waals surface area contributed by atoms with Crippen molar-refractivity contribution in [2.75, 3.05) is 11.5 Å². The third-order valence-corrected chi connectivity index (χ3v) is 6.13. The topological polar surface area (TPSA) is 34.1 Å². The fourth-order valence-electron chi connectivity index (χ4n) is 2.78. The Hall–Kier alpha value is -0.830. The summed E-state index contributed by atoms with van der Waals surface area (Å²) in [6.07, 6.45) is 8.89. The molecule has 0 aromatic heterocycles. The molecule has 1 aliphatic carbocycles. The van der Waals surface area contributed by atoms with E-state index in [9.17, 15) is 8.42 Å². The van der Waals surface area contributed by atoms with Crippen LogP contribution in [0.15, 0.2) is 30.3 Å². The van der Waals surface area contributed by atoms with Gasteiger partial charge < -0.3 is 0 Å². The Morgan fingerprint density at radius 3 is 2.30 bits per heavy atom. The maximum Gasteiger partial charge on any atom is 0.150 e. The number of rotatable bonds is 9. The molecule has 1 fully saturated rings. The first-order chi connectivity index (χ1) is 9.66. The fourth-order valence-corrected chi connectivity index (χ4v) is 4.21. The Labute approximate surface area is 123 Å². The molecule has 0 N–H and O–H groups in total. The summed E-state index contributed by atoms with van der Waals surface area (Å²) < 4.78 is 23.9. The number of benzene rings is 1. The third kappa shape index (κ3) is 5.66. The summed E-state index contributed by atoms with van der Waals surface area (Å²) in [6.45, 7) is 0. The molecule has 3 heteroatoms. The maximum atomic E-state index is 11.9. The van der Waals surface area contributed by atoms with E-state index in [2.05, 4.69) is 12.1 Å². The zero-order chi connectivity index (χ0) is 14.3. The second-order valence-electron chi connectivity index (χ2n) is 6.03. The molecule has 0 atom stereocenters. The second kappa shape index (κ2) is 7.82. The van der Waals surface area contributed by atoms with E-state index in [-0.39, 0.29) is 0 Å². The van der Waals surface area contributed by atoms with Crippen LogP contribution < -0.4 is 0 Å². The van der Waals surface area contributed by atoms with Gasteiger partial charge in [-0.3, -0.25) is 0 Å². The molecule has 1 saturated carbocycles. The van der Waals surface area contributed by atoms with Crippen LogP contribution in [0.2, 0.25) is 0 Å². The quantitative estimate of drug-likeness (QED) is 0.645. The monoisotopic (exact) mass is 294 g/mol. The van der Waals surface area contributed by atoms with Gasteiger partial charge in [-0.1, -0.05) is 62.4 Å². The number of hydrogen-bond donors (Lipinski definition) is 0. The summed E-state index contributed by atoms with van der Waals surface area (Å²) in [5, 5.41) is 0. The highest BCUT2D eigenvalue weighted by Gasteiger charge is 2.17. The number of unbranched alkanes of at least 4 members (excludes halogenated alkanes) is 1. The van der Waals surface area contributed by atoms with Gasteiger partial charge in [0.25, 0.3) is 0 Å². The zero-order valence-corrected chi connectivity index (χ0v) is 13.1. The lowest BCUT2D eigenvalue weighted by Crippen LogP contribution is -2.14. The van der Waals surface area contributed by atoms with E-state index in [1.807, 2.05) is 18.2 Å².